The summed E-state index contributed by atoms with van der Waals surface area (Å²) in [5.74, 6) is -1.58. The van der Waals surface area contributed by atoms with Crippen LogP contribution in [0.4, 0.5) is 10.1 Å². The molecule has 0 aromatic heterocycles. The summed E-state index contributed by atoms with van der Waals surface area (Å²) in [6.07, 6.45) is 4.01. The smallest absolute Gasteiger partial charge is 0.272 e. The van der Waals surface area contributed by atoms with Crippen molar-refractivity contribution >= 4 is 11.6 Å². The summed E-state index contributed by atoms with van der Waals surface area (Å²) >= 11 is 0. The topological polar surface area (TPSA) is 96.5 Å². The third-order valence-corrected chi connectivity index (χ3v) is 4.38. The summed E-state index contributed by atoms with van der Waals surface area (Å²) in [6, 6.07) is 5.18. The second-order valence-electron chi connectivity index (χ2n) is 5.82. The number of nitrogens with zero attached hydrogens (tertiary/aromatic N) is 3. The van der Waals surface area contributed by atoms with Crippen LogP contribution in [-0.2, 0) is 4.79 Å². The second-order valence-corrected chi connectivity index (χ2v) is 5.82. The van der Waals surface area contributed by atoms with Gasteiger partial charge in [0, 0.05) is 13.1 Å². The molecule has 0 bridgehead atoms. The maximum absolute atomic E-state index is 13.8. The molecule has 0 heterocycles. The van der Waals surface area contributed by atoms with Crippen molar-refractivity contribution in [3.8, 4) is 11.8 Å². The van der Waals surface area contributed by atoms with E-state index in [9.17, 15) is 24.6 Å². The van der Waals surface area contributed by atoms with E-state index in [1.54, 1.807) is 7.05 Å². The number of amides is 1. The highest BCUT2D eigenvalue weighted by Crippen LogP contribution is 2.32. The minimum Gasteiger partial charge on any atom is -0.481 e. The van der Waals surface area contributed by atoms with Crippen LogP contribution in [0.2, 0.25) is 0 Å². The molecule has 1 aliphatic rings. The Morgan fingerprint density at radius 2 is 2.12 bits per heavy atom. The van der Waals surface area contributed by atoms with Gasteiger partial charge in [0.25, 0.3) is 11.6 Å². The number of hydrogen-bond donors (Lipinski definition) is 0. The molecule has 7 nitrogen and oxygen atoms in total. The number of benzene rings is 1. The average Bonchev–Trinajstić information content (AvgIpc) is 2.60. The number of nitriles is 1. The van der Waals surface area contributed by atoms with E-state index >= 15 is 0 Å². The molecule has 1 aliphatic carbocycles. The monoisotopic (exact) mass is 335 g/mol. The van der Waals surface area contributed by atoms with Gasteiger partial charge in [0.05, 0.1) is 17.1 Å². The fourth-order valence-corrected chi connectivity index (χ4v) is 2.85. The minimum atomic E-state index is -0.910. The number of carbonyl (C=O) groups is 1. The molecule has 1 fully saturated rings. The van der Waals surface area contributed by atoms with Gasteiger partial charge in [0.1, 0.15) is 5.54 Å². The highest BCUT2D eigenvalue weighted by atomic mass is 19.1. The van der Waals surface area contributed by atoms with Crippen LogP contribution < -0.4 is 4.74 Å². The Labute approximate surface area is 138 Å². The Kier molecular flexibility index (Phi) is 5.34. The molecule has 0 spiro atoms. The van der Waals surface area contributed by atoms with Crippen LogP contribution in [0.3, 0.4) is 0 Å². The van der Waals surface area contributed by atoms with Crippen LogP contribution in [0.15, 0.2) is 18.2 Å². The van der Waals surface area contributed by atoms with Crippen molar-refractivity contribution in [2.75, 3.05) is 13.7 Å². The first kappa shape index (κ1) is 17.7. The number of hydrogen-bond acceptors (Lipinski definition) is 5. The van der Waals surface area contributed by atoms with E-state index in [4.69, 9.17) is 4.74 Å². The lowest BCUT2D eigenvalue weighted by atomic mass is 9.81. The zero-order chi connectivity index (χ0) is 17.7. The number of non-ortho nitro benzene ring substituents is 1. The molecule has 0 aliphatic heterocycles. The number of nitro benzene ring substituents is 1. The first-order valence-corrected chi connectivity index (χ1v) is 7.64. The lowest BCUT2D eigenvalue weighted by molar-refractivity contribution is -0.385. The Balaban J connectivity index is 2.02. The van der Waals surface area contributed by atoms with Gasteiger partial charge in [-0.3, -0.25) is 14.9 Å². The van der Waals surface area contributed by atoms with Crippen molar-refractivity contribution in [1.82, 2.24) is 4.90 Å². The molecule has 1 amide bonds. The van der Waals surface area contributed by atoms with E-state index in [2.05, 4.69) is 6.07 Å². The normalized spacial score (nSPS) is 16.0. The lowest BCUT2D eigenvalue weighted by Crippen LogP contribution is -2.51. The maximum Gasteiger partial charge on any atom is 0.272 e. The van der Waals surface area contributed by atoms with Crippen molar-refractivity contribution < 1.29 is 18.8 Å². The predicted molar refractivity (Wildman–Crippen MR) is 82.7 cm³/mol. The fourth-order valence-electron chi connectivity index (χ4n) is 2.85. The third kappa shape index (κ3) is 3.62. The van der Waals surface area contributed by atoms with Crippen LogP contribution in [0.25, 0.3) is 0 Å². The molecule has 0 N–H and O–H groups in total. The minimum absolute atomic E-state index is 0.239. The van der Waals surface area contributed by atoms with Gasteiger partial charge in [-0.1, -0.05) is 19.3 Å². The van der Waals surface area contributed by atoms with Crippen molar-refractivity contribution in [3.63, 3.8) is 0 Å². The molecule has 1 saturated carbocycles. The zero-order valence-corrected chi connectivity index (χ0v) is 13.3. The summed E-state index contributed by atoms with van der Waals surface area (Å²) in [7, 11) is 1.55. The Morgan fingerprint density at radius 3 is 2.67 bits per heavy atom. The van der Waals surface area contributed by atoms with Crippen molar-refractivity contribution in [3.05, 3.63) is 34.1 Å². The molecule has 0 unspecified atom stereocenters. The first-order chi connectivity index (χ1) is 11.4. The molecular formula is C16H18FN3O4. The van der Waals surface area contributed by atoms with E-state index in [-0.39, 0.29) is 5.75 Å². The molecular weight excluding hydrogens is 317 g/mol. The number of carbonyl (C=O) groups excluding carboxylic acids is 1. The predicted octanol–water partition coefficient (Wildman–Crippen LogP) is 2.80. The largest absolute Gasteiger partial charge is 0.481 e. The molecule has 8 heteroatoms. The summed E-state index contributed by atoms with van der Waals surface area (Å²) in [5, 5.41) is 20.0. The van der Waals surface area contributed by atoms with Crippen LogP contribution in [0, 0.1) is 27.3 Å². The fraction of sp³-hybridized carbons (Fsp3) is 0.500. The van der Waals surface area contributed by atoms with E-state index < -0.39 is 34.5 Å². The SMILES string of the molecule is CN(C(=O)COc1ccc([N+](=O)[O-])cc1F)C1(C#N)CCCCC1. The molecule has 0 saturated heterocycles. The molecule has 1 aromatic rings. The first-order valence-electron chi connectivity index (χ1n) is 7.64. The number of likely N-dealkylation sites (N-methyl/N-ethyl adjacent to an activating group) is 1. The molecule has 0 atom stereocenters. The van der Waals surface area contributed by atoms with Gasteiger partial charge >= 0.3 is 0 Å². The number of ether oxygens (including phenoxy) is 1. The third-order valence-electron chi connectivity index (χ3n) is 4.38. The average molecular weight is 335 g/mol. The number of halogens is 1. The zero-order valence-electron chi connectivity index (χ0n) is 13.3. The number of rotatable bonds is 5. The standard InChI is InChI=1S/C16H18FN3O4/c1-19(16(11-18)7-3-2-4-8-16)15(21)10-24-14-6-5-12(20(22)23)9-13(14)17/h5-6,9H,2-4,7-8,10H2,1H3. The van der Waals surface area contributed by atoms with Gasteiger partial charge in [0.2, 0.25) is 0 Å². The van der Waals surface area contributed by atoms with Crippen molar-refractivity contribution in [2.45, 2.75) is 37.6 Å². The summed E-state index contributed by atoms with van der Waals surface area (Å²) in [4.78, 5) is 23.5. The second kappa shape index (κ2) is 7.25. The Bertz CT molecular complexity index is 680. The Hall–Kier alpha value is -2.69. The van der Waals surface area contributed by atoms with Gasteiger partial charge in [-0.15, -0.1) is 0 Å². The van der Waals surface area contributed by atoms with E-state index in [1.807, 2.05) is 0 Å². The van der Waals surface area contributed by atoms with Crippen molar-refractivity contribution in [1.29, 1.82) is 5.26 Å². The molecule has 0 radical (unpaired) electrons. The van der Waals surface area contributed by atoms with E-state index in [0.29, 0.717) is 12.8 Å². The molecule has 2 rings (SSSR count). The van der Waals surface area contributed by atoms with Gasteiger partial charge in [0.15, 0.2) is 18.2 Å². The summed E-state index contributed by atoms with van der Waals surface area (Å²) in [5.41, 5.74) is -1.24. The molecule has 1 aromatic carbocycles. The van der Waals surface area contributed by atoms with E-state index in [1.165, 1.54) is 4.90 Å². The van der Waals surface area contributed by atoms with Crippen LogP contribution in [0.1, 0.15) is 32.1 Å². The quantitative estimate of drug-likeness (QED) is 0.609. The summed E-state index contributed by atoms with van der Waals surface area (Å²) < 4.78 is 18.9. The van der Waals surface area contributed by atoms with Gasteiger partial charge in [-0.2, -0.15) is 5.26 Å². The lowest BCUT2D eigenvalue weighted by Gasteiger charge is -2.38. The molecule has 128 valence electrons. The van der Waals surface area contributed by atoms with Gasteiger partial charge in [-0.25, -0.2) is 4.39 Å². The molecule has 24 heavy (non-hydrogen) atoms. The maximum atomic E-state index is 13.8. The Morgan fingerprint density at radius 1 is 1.46 bits per heavy atom. The van der Waals surface area contributed by atoms with Gasteiger partial charge < -0.3 is 9.64 Å². The van der Waals surface area contributed by atoms with Crippen LogP contribution >= 0.6 is 0 Å². The van der Waals surface area contributed by atoms with Crippen LogP contribution in [0.5, 0.6) is 5.75 Å². The van der Waals surface area contributed by atoms with E-state index in [0.717, 1.165) is 37.5 Å². The summed E-state index contributed by atoms with van der Waals surface area (Å²) in [6.45, 7) is -0.436. The van der Waals surface area contributed by atoms with Crippen LogP contribution in [-0.4, -0.2) is 34.9 Å². The van der Waals surface area contributed by atoms with Crippen molar-refractivity contribution in [2.24, 2.45) is 0 Å². The number of nitro groups is 1. The van der Waals surface area contributed by atoms with Gasteiger partial charge in [-0.05, 0) is 18.9 Å². The highest BCUT2D eigenvalue weighted by molar-refractivity contribution is 5.78. The highest BCUT2D eigenvalue weighted by Gasteiger charge is 2.38.